The molecule has 0 aliphatic heterocycles. The largest absolute Gasteiger partial charge is 0.507 e. The number of aromatic nitrogens is 2. The first-order chi connectivity index (χ1) is 12.1. The monoisotopic (exact) mass is 343 g/mol. The molecule has 1 aromatic carbocycles. The molecule has 0 radical (unpaired) electrons. The normalized spacial score (nSPS) is 15.2. The number of ether oxygens (including phenoxy) is 1. The molecule has 0 saturated heterocycles. The van der Waals surface area contributed by atoms with Crippen LogP contribution < -0.4 is 4.57 Å². The van der Waals surface area contributed by atoms with Gasteiger partial charge in [0.1, 0.15) is 31.3 Å². The fourth-order valence-electron chi connectivity index (χ4n) is 3.60. The van der Waals surface area contributed by atoms with E-state index in [1.807, 2.05) is 53.1 Å². The lowest BCUT2D eigenvalue weighted by Crippen LogP contribution is -2.24. The zero-order chi connectivity index (χ0) is 17.6. The molecule has 1 aromatic heterocycles. The summed E-state index contributed by atoms with van der Waals surface area (Å²) in [5.74, 6) is 0.399. The van der Waals surface area contributed by atoms with Crippen LogP contribution in [-0.4, -0.2) is 22.2 Å². The lowest BCUT2D eigenvalue weighted by atomic mass is 9.83. The number of carbonyl (C=O) groups is 1. The van der Waals surface area contributed by atoms with E-state index in [-0.39, 0.29) is 18.1 Å². The first-order valence-corrected chi connectivity index (χ1v) is 9.11. The van der Waals surface area contributed by atoms with Crippen molar-refractivity contribution in [2.75, 3.05) is 6.61 Å². The Labute approximate surface area is 148 Å². The van der Waals surface area contributed by atoms with Gasteiger partial charge in [0, 0.05) is 5.56 Å². The van der Waals surface area contributed by atoms with Gasteiger partial charge in [0.25, 0.3) is 0 Å². The number of hydrogen-bond acceptors (Lipinski definition) is 3. The van der Waals surface area contributed by atoms with Gasteiger partial charge in [-0.15, -0.1) is 0 Å². The third kappa shape index (κ3) is 4.62. The van der Waals surface area contributed by atoms with Crippen molar-refractivity contribution in [3.05, 3.63) is 48.0 Å². The number of aryl methyl sites for hydroxylation is 1. The minimum absolute atomic E-state index is 0.117. The highest BCUT2D eigenvalue weighted by molar-refractivity contribution is 5.73. The molecular weight excluding hydrogens is 316 g/mol. The maximum absolute atomic E-state index is 12.1. The summed E-state index contributed by atoms with van der Waals surface area (Å²) >= 11 is 0. The molecular formula is C20H27N2O3+. The number of esters is 1. The topological polar surface area (TPSA) is 55.3 Å². The number of benzene rings is 1. The Morgan fingerprint density at radius 3 is 2.84 bits per heavy atom. The van der Waals surface area contributed by atoms with Gasteiger partial charge in [0.05, 0.1) is 13.5 Å². The number of hydrogen-bond donors (Lipinski definition) is 1. The van der Waals surface area contributed by atoms with Crippen molar-refractivity contribution in [1.82, 2.24) is 4.57 Å². The molecule has 1 saturated carbocycles. The Morgan fingerprint density at radius 1 is 1.32 bits per heavy atom. The number of para-hydroxylation sites is 1. The first-order valence-electron chi connectivity index (χ1n) is 9.11. The molecule has 2 aromatic rings. The van der Waals surface area contributed by atoms with Crippen LogP contribution in [0.2, 0.25) is 0 Å². The molecule has 3 rings (SSSR count). The van der Waals surface area contributed by atoms with E-state index in [0.29, 0.717) is 24.6 Å². The summed E-state index contributed by atoms with van der Waals surface area (Å²) in [7, 11) is 1.95. The van der Waals surface area contributed by atoms with Gasteiger partial charge in [-0.25, -0.2) is 9.13 Å². The van der Waals surface area contributed by atoms with Crippen LogP contribution in [0.15, 0.2) is 36.9 Å². The van der Waals surface area contributed by atoms with Gasteiger partial charge in [0.15, 0.2) is 0 Å². The molecule has 0 atom stereocenters. The summed E-state index contributed by atoms with van der Waals surface area (Å²) in [5, 5.41) is 10.6. The highest BCUT2D eigenvalue weighted by Gasteiger charge is 2.21. The SMILES string of the molecule is C[n+]1ccn(CCOC(=O)Cc2cccc(C3CCCCC3)c2O)c1. The van der Waals surface area contributed by atoms with E-state index in [2.05, 4.69) is 0 Å². The molecule has 25 heavy (non-hydrogen) atoms. The average molecular weight is 343 g/mol. The van der Waals surface area contributed by atoms with Crippen LogP contribution in [0.3, 0.4) is 0 Å². The number of imidazole rings is 1. The molecule has 0 bridgehead atoms. The lowest BCUT2D eigenvalue weighted by Gasteiger charge is -2.23. The van der Waals surface area contributed by atoms with E-state index in [1.165, 1.54) is 19.3 Å². The molecule has 0 amide bonds. The Hall–Kier alpha value is -2.30. The molecule has 1 aliphatic rings. The summed E-state index contributed by atoms with van der Waals surface area (Å²) in [6.45, 7) is 0.956. The summed E-state index contributed by atoms with van der Waals surface area (Å²) in [4.78, 5) is 12.1. The van der Waals surface area contributed by atoms with Crippen LogP contribution in [0.4, 0.5) is 0 Å². The van der Waals surface area contributed by atoms with E-state index < -0.39 is 0 Å². The van der Waals surface area contributed by atoms with Gasteiger partial charge in [-0.05, 0) is 24.3 Å². The highest BCUT2D eigenvalue weighted by Crippen LogP contribution is 2.38. The standard InChI is InChI=1S/C20H26N2O3/c1-21-10-11-22(15-21)12-13-25-19(23)14-17-8-5-9-18(20(17)24)16-6-3-2-4-7-16/h5,8-11,15-16H,2-4,6-7,12-14H2,1H3/p+1. The molecule has 0 spiro atoms. The van der Waals surface area contributed by atoms with E-state index in [4.69, 9.17) is 4.74 Å². The number of aromatic hydroxyl groups is 1. The predicted octanol–water partition coefficient (Wildman–Crippen LogP) is 2.85. The van der Waals surface area contributed by atoms with Crippen LogP contribution in [0.1, 0.15) is 49.1 Å². The Morgan fingerprint density at radius 2 is 2.12 bits per heavy atom. The molecule has 1 aliphatic carbocycles. The van der Waals surface area contributed by atoms with Crippen molar-refractivity contribution in [3.8, 4) is 5.75 Å². The van der Waals surface area contributed by atoms with Crippen LogP contribution in [0.5, 0.6) is 5.75 Å². The third-order valence-electron chi connectivity index (χ3n) is 4.97. The zero-order valence-corrected chi connectivity index (χ0v) is 14.9. The van der Waals surface area contributed by atoms with Gasteiger partial charge >= 0.3 is 5.97 Å². The van der Waals surface area contributed by atoms with E-state index in [0.717, 1.165) is 18.4 Å². The lowest BCUT2D eigenvalue weighted by molar-refractivity contribution is -0.671. The second kappa shape index (κ2) is 8.19. The fourth-order valence-corrected chi connectivity index (χ4v) is 3.60. The predicted molar refractivity (Wildman–Crippen MR) is 94.2 cm³/mol. The summed E-state index contributed by atoms with van der Waals surface area (Å²) in [6.07, 6.45) is 11.9. The Bertz CT molecular complexity index is 717. The average Bonchev–Trinajstić information content (AvgIpc) is 3.03. The number of phenolic OH excluding ortho intramolecular Hbond substituents is 1. The van der Waals surface area contributed by atoms with Crippen molar-refractivity contribution >= 4 is 5.97 Å². The van der Waals surface area contributed by atoms with Gasteiger partial charge in [0.2, 0.25) is 6.33 Å². The zero-order valence-electron chi connectivity index (χ0n) is 14.9. The molecule has 0 unspecified atom stereocenters. The molecule has 5 nitrogen and oxygen atoms in total. The first kappa shape index (κ1) is 17.5. The van der Waals surface area contributed by atoms with Crippen molar-refractivity contribution < 1.29 is 19.2 Å². The minimum Gasteiger partial charge on any atom is -0.507 e. The van der Waals surface area contributed by atoms with Gasteiger partial charge in [-0.3, -0.25) is 4.79 Å². The summed E-state index contributed by atoms with van der Waals surface area (Å²) in [6, 6.07) is 5.74. The number of nitrogens with zero attached hydrogens (tertiary/aromatic N) is 2. The number of rotatable bonds is 6. The third-order valence-corrected chi connectivity index (χ3v) is 4.97. The van der Waals surface area contributed by atoms with Crippen LogP contribution >= 0.6 is 0 Å². The maximum Gasteiger partial charge on any atom is 0.310 e. The summed E-state index contributed by atoms with van der Waals surface area (Å²) in [5.41, 5.74) is 1.66. The Balaban J connectivity index is 1.55. The van der Waals surface area contributed by atoms with Crippen molar-refractivity contribution in [2.45, 2.75) is 51.0 Å². The van der Waals surface area contributed by atoms with Gasteiger partial charge in [-0.1, -0.05) is 37.5 Å². The van der Waals surface area contributed by atoms with Gasteiger partial charge in [-0.2, -0.15) is 0 Å². The maximum atomic E-state index is 12.1. The van der Waals surface area contributed by atoms with E-state index >= 15 is 0 Å². The molecule has 134 valence electrons. The quantitative estimate of drug-likeness (QED) is 0.648. The minimum atomic E-state index is -0.298. The van der Waals surface area contributed by atoms with Crippen LogP contribution in [0, 0.1) is 0 Å². The van der Waals surface area contributed by atoms with Crippen LogP contribution in [0.25, 0.3) is 0 Å². The number of carbonyl (C=O) groups excluding carboxylic acids is 1. The van der Waals surface area contributed by atoms with Crippen LogP contribution in [-0.2, 0) is 29.5 Å². The highest BCUT2D eigenvalue weighted by atomic mass is 16.5. The molecule has 1 N–H and O–H groups in total. The fraction of sp³-hybridized carbons (Fsp3) is 0.500. The second-order valence-corrected chi connectivity index (χ2v) is 6.90. The Kier molecular flexibility index (Phi) is 5.74. The molecule has 1 fully saturated rings. The van der Waals surface area contributed by atoms with E-state index in [9.17, 15) is 9.90 Å². The summed E-state index contributed by atoms with van der Waals surface area (Å²) < 4.78 is 9.23. The van der Waals surface area contributed by atoms with Crippen molar-refractivity contribution in [1.29, 1.82) is 0 Å². The molecule has 1 heterocycles. The van der Waals surface area contributed by atoms with Crippen molar-refractivity contribution in [2.24, 2.45) is 7.05 Å². The smallest absolute Gasteiger partial charge is 0.310 e. The van der Waals surface area contributed by atoms with E-state index in [1.54, 1.807) is 0 Å². The molecule has 5 heteroatoms. The van der Waals surface area contributed by atoms with Crippen molar-refractivity contribution in [3.63, 3.8) is 0 Å². The van der Waals surface area contributed by atoms with Gasteiger partial charge < -0.3 is 9.84 Å². The second-order valence-electron chi connectivity index (χ2n) is 6.90. The number of phenols is 1.